The summed E-state index contributed by atoms with van der Waals surface area (Å²) in [5.74, 6) is 0.243. The number of carbonyl (C=O) groups excluding carboxylic acids is 2. The second-order valence-electron chi connectivity index (χ2n) is 8.86. The molecule has 1 heterocycles. The number of carbonyl (C=O) groups is 2. The zero-order valence-corrected chi connectivity index (χ0v) is 19.3. The molecule has 1 saturated heterocycles. The second kappa shape index (κ2) is 11.0. The third kappa shape index (κ3) is 5.89. The maximum atomic E-state index is 13.5. The lowest BCUT2D eigenvalue weighted by Gasteiger charge is -2.34. The Balaban J connectivity index is 1.40. The molecule has 0 N–H and O–H groups in total. The number of nitrogens with zero attached hydrogens (tertiary/aromatic N) is 2. The van der Waals surface area contributed by atoms with Crippen molar-refractivity contribution in [3.8, 4) is 0 Å². The van der Waals surface area contributed by atoms with Crippen LogP contribution in [0.5, 0.6) is 0 Å². The molecule has 0 radical (unpaired) electrons. The topological polar surface area (TPSA) is 40.6 Å². The lowest BCUT2D eigenvalue weighted by molar-refractivity contribution is -0.137. The third-order valence-electron chi connectivity index (χ3n) is 6.55. The van der Waals surface area contributed by atoms with E-state index >= 15 is 0 Å². The van der Waals surface area contributed by atoms with Crippen molar-refractivity contribution < 1.29 is 9.59 Å². The molecule has 1 fully saturated rings. The number of hydrogen-bond acceptors (Lipinski definition) is 2. The van der Waals surface area contributed by atoms with Crippen LogP contribution in [-0.2, 0) is 17.8 Å². The number of amides is 2. The molecular formula is C29H32N2O2. The van der Waals surface area contributed by atoms with Gasteiger partial charge in [-0.25, -0.2) is 0 Å². The maximum Gasteiger partial charge on any atom is 0.254 e. The number of likely N-dealkylation sites (tertiary alicyclic amines) is 1. The van der Waals surface area contributed by atoms with Crippen LogP contribution in [0, 0.1) is 12.8 Å². The Morgan fingerprint density at radius 3 is 2.03 bits per heavy atom. The number of aryl methyl sites for hydroxylation is 1. The van der Waals surface area contributed by atoms with Crippen LogP contribution in [0.1, 0.15) is 39.9 Å². The van der Waals surface area contributed by atoms with Gasteiger partial charge in [0.25, 0.3) is 5.91 Å². The quantitative estimate of drug-likeness (QED) is 0.512. The molecule has 4 heteroatoms. The molecule has 0 spiro atoms. The molecule has 0 unspecified atom stereocenters. The number of benzene rings is 3. The molecule has 170 valence electrons. The largest absolute Gasteiger partial charge is 0.339 e. The molecular weight excluding hydrogens is 408 g/mol. The summed E-state index contributed by atoms with van der Waals surface area (Å²) in [6.45, 7) is 4.54. The minimum Gasteiger partial charge on any atom is -0.339 e. The van der Waals surface area contributed by atoms with Crippen LogP contribution in [0.3, 0.4) is 0 Å². The summed E-state index contributed by atoms with van der Waals surface area (Å²) in [5, 5.41) is 0. The van der Waals surface area contributed by atoms with Crippen molar-refractivity contribution in [3.63, 3.8) is 0 Å². The highest BCUT2D eigenvalue weighted by atomic mass is 16.2. The molecule has 0 atom stereocenters. The first-order chi connectivity index (χ1) is 16.1. The van der Waals surface area contributed by atoms with Crippen LogP contribution in [0.2, 0.25) is 0 Å². The van der Waals surface area contributed by atoms with Gasteiger partial charge in [0.15, 0.2) is 0 Å². The van der Waals surface area contributed by atoms with Crippen molar-refractivity contribution in [2.75, 3.05) is 19.6 Å². The zero-order valence-electron chi connectivity index (χ0n) is 19.3. The molecule has 2 amide bonds. The van der Waals surface area contributed by atoms with Gasteiger partial charge in [-0.3, -0.25) is 9.59 Å². The smallest absolute Gasteiger partial charge is 0.254 e. The molecule has 4 nitrogen and oxygen atoms in total. The van der Waals surface area contributed by atoms with Gasteiger partial charge in [-0.15, -0.1) is 0 Å². The van der Waals surface area contributed by atoms with Crippen molar-refractivity contribution >= 4 is 11.8 Å². The monoisotopic (exact) mass is 440 g/mol. The first-order valence-corrected chi connectivity index (χ1v) is 11.8. The Labute approximate surface area is 196 Å². The van der Waals surface area contributed by atoms with Gasteiger partial charge < -0.3 is 9.80 Å². The van der Waals surface area contributed by atoms with Crippen molar-refractivity contribution in [2.24, 2.45) is 5.92 Å². The van der Waals surface area contributed by atoms with Gasteiger partial charge in [-0.1, -0.05) is 78.9 Å². The van der Waals surface area contributed by atoms with Gasteiger partial charge >= 0.3 is 0 Å². The zero-order chi connectivity index (χ0) is 23.0. The van der Waals surface area contributed by atoms with Crippen molar-refractivity contribution in [3.05, 3.63) is 107 Å². The Morgan fingerprint density at radius 2 is 1.39 bits per heavy atom. The predicted octanol–water partition coefficient (Wildman–Crippen LogP) is 5.12. The first-order valence-electron chi connectivity index (χ1n) is 11.8. The predicted molar refractivity (Wildman–Crippen MR) is 132 cm³/mol. The SMILES string of the molecule is Cc1ccccc1C(=O)N1CCC(C(=O)N(CCc2ccccc2)Cc2ccccc2)CC1. The molecule has 1 aliphatic heterocycles. The van der Waals surface area contributed by atoms with Gasteiger partial charge in [-0.2, -0.15) is 0 Å². The standard InChI is InChI=1S/C29H32N2O2/c1-23-10-8-9-15-27(23)29(33)30-20-17-26(18-21-30)28(32)31(22-25-13-6-3-7-14-25)19-16-24-11-4-2-5-12-24/h2-15,26H,16-22H2,1H3. The molecule has 33 heavy (non-hydrogen) atoms. The summed E-state index contributed by atoms with van der Waals surface area (Å²) in [4.78, 5) is 30.4. The number of hydrogen-bond donors (Lipinski definition) is 0. The van der Waals surface area contributed by atoms with E-state index in [1.54, 1.807) is 0 Å². The Hall–Kier alpha value is -3.40. The van der Waals surface area contributed by atoms with Crippen LogP contribution in [0.15, 0.2) is 84.9 Å². The molecule has 0 aromatic heterocycles. The minimum atomic E-state index is -0.0367. The molecule has 0 saturated carbocycles. The molecule has 3 aromatic rings. The number of rotatable bonds is 7. The Morgan fingerprint density at radius 1 is 0.818 bits per heavy atom. The van der Waals surface area contributed by atoms with E-state index < -0.39 is 0 Å². The summed E-state index contributed by atoms with van der Waals surface area (Å²) < 4.78 is 0. The Bertz CT molecular complexity index is 1060. The highest BCUT2D eigenvalue weighted by Crippen LogP contribution is 2.23. The summed E-state index contributed by atoms with van der Waals surface area (Å²) >= 11 is 0. The van der Waals surface area contributed by atoms with Gasteiger partial charge in [0, 0.05) is 37.7 Å². The van der Waals surface area contributed by atoms with E-state index in [-0.39, 0.29) is 17.7 Å². The first kappa shape index (κ1) is 22.8. The minimum absolute atomic E-state index is 0.0367. The molecule has 1 aliphatic rings. The maximum absolute atomic E-state index is 13.5. The normalized spacial score (nSPS) is 14.2. The van der Waals surface area contributed by atoms with Gasteiger partial charge in [0.05, 0.1) is 0 Å². The van der Waals surface area contributed by atoms with E-state index in [9.17, 15) is 9.59 Å². The van der Waals surface area contributed by atoms with Crippen LogP contribution in [-0.4, -0.2) is 41.2 Å². The molecule has 0 aliphatic carbocycles. The fraction of sp³-hybridized carbons (Fsp3) is 0.310. The van der Waals surface area contributed by atoms with E-state index in [1.807, 2.05) is 77.4 Å². The van der Waals surface area contributed by atoms with Gasteiger partial charge in [-0.05, 0) is 48.9 Å². The number of piperidine rings is 1. The summed E-state index contributed by atoms with van der Waals surface area (Å²) in [7, 11) is 0. The van der Waals surface area contributed by atoms with E-state index in [1.165, 1.54) is 5.56 Å². The highest BCUT2D eigenvalue weighted by Gasteiger charge is 2.31. The average Bonchev–Trinajstić information content (AvgIpc) is 2.87. The van der Waals surface area contributed by atoms with E-state index in [0.717, 1.165) is 23.1 Å². The van der Waals surface area contributed by atoms with Crippen LogP contribution in [0.25, 0.3) is 0 Å². The van der Waals surface area contributed by atoms with Crippen LogP contribution >= 0.6 is 0 Å². The lowest BCUT2D eigenvalue weighted by atomic mass is 9.94. The van der Waals surface area contributed by atoms with E-state index in [0.29, 0.717) is 39.0 Å². The fourth-order valence-electron chi connectivity index (χ4n) is 4.55. The van der Waals surface area contributed by atoms with Gasteiger partial charge in [0.2, 0.25) is 5.91 Å². The fourth-order valence-corrected chi connectivity index (χ4v) is 4.55. The third-order valence-corrected chi connectivity index (χ3v) is 6.55. The summed E-state index contributed by atoms with van der Waals surface area (Å²) in [5.41, 5.74) is 4.14. The van der Waals surface area contributed by atoms with E-state index in [4.69, 9.17) is 0 Å². The van der Waals surface area contributed by atoms with Crippen molar-refractivity contribution in [2.45, 2.75) is 32.7 Å². The summed E-state index contributed by atoms with van der Waals surface area (Å²) in [6, 6.07) is 28.2. The Kier molecular flexibility index (Phi) is 7.56. The van der Waals surface area contributed by atoms with Gasteiger partial charge in [0.1, 0.15) is 0 Å². The summed E-state index contributed by atoms with van der Waals surface area (Å²) in [6.07, 6.45) is 2.27. The average molecular weight is 441 g/mol. The van der Waals surface area contributed by atoms with Crippen molar-refractivity contribution in [1.82, 2.24) is 9.80 Å². The second-order valence-corrected chi connectivity index (χ2v) is 8.86. The molecule has 0 bridgehead atoms. The van der Waals surface area contributed by atoms with Crippen molar-refractivity contribution in [1.29, 1.82) is 0 Å². The highest BCUT2D eigenvalue weighted by molar-refractivity contribution is 5.95. The lowest BCUT2D eigenvalue weighted by Crippen LogP contribution is -2.44. The van der Waals surface area contributed by atoms with E-state index in [2.05, 4.69) is 24.3 Å². The van der Waals surface area contributed by atoms with Crippen LogP contribution in [0.4, 0.5) is 0 Å². The molecule has 4 rings (SSSR count). The van der Waals surface area contributed by atoms with Crippen LogP contribution < -0.4 is 0 Å². The molecule has 3 aromatic carbocycles.